The molecule has 3 nitrogen and oxygen atoms in total. The van der Waals surface area contributed by atoms with E-state index in [9.17, 15) is 9.90 Å². The van der Waals surface area contributed by atoms with E-state index in [1.54, 1.807) is 42.3 Å². The number of thiocarbonyl (C=S) groups is 1. The fourth-order valence-corrected chi connectivity index (χ4v) is 2.62. The monoisotopic (exact) mass is 421 g/mol. The van der Waals surface area contributed by atoms with Crippen LogP contribution in [0.5, 0.6) is 0 Å². The minimum Gasteiger partial charge on any atom is -0.507 e. The Hall–Kier alpha value is -1.63. The highest BCUT2D eigenvalue weighted by atomic mass is 79.9. The van der Waals surface area contributed by atoms with Gasteiger partial charge in [-0.05, 0) is 31.2 Å². The molecule has 0 unspecified atom stereocenters. The number of anilines is 1. The molecule has 2 aromatic rings. The Morgan fingerprint density at radius 2 is 1.88 bits per heavy atom. The van der Waals surface area contributed by atoms with Crippen molar-refractivity contribution in [2.24, 2.45) is 0 Å². The highest BCUT2D eigenvalue weighted by molar-refractivity contribution is 9.10. The number of halogens is 1. The van der Waals surface area contributed by atoms with Crippen LogP contribution in [-0.4, -0.2) is 22.3 Å². The summed E-state index contributed by atoms with van der Waals surface area (Å²) in [6.07, 6.45) is 1.22. The molecule has 124 valence electrons. The maximum Gasteiger partial charge on any atom is 0.191 e. The van der Waals surface area contributed by atoms with Crippen molar-refractivity contribution < 1.29 is 9.90 Å². The number of benzene rings is 2. The summed E-state index contributed by atoms with van der Waals surface area (Å²) >= 11 is 12.6. The third-order valence-corrected chi connectivity index (χ3v) is 4.58. The second-order valence-corrected chi connectivity index (χ2v) is 7.29. The van der Waals surface area contributed by atoms with E-state index in [-0.39, 0.29) is 11.5 Å². The largest absolute Gasteiger partial charge is 0.507 e. The fraction of sp³-hybridized carbons (Fsp3) is 0.111. The van der Waals surface area contributed by atoms with E-state index in [1.807, 2.05) is 19.1 Å². The van der Waals surface area contributed by atoms with Crippen LogP contribution in [0, 0.1) is 6.92 Å². The van der Waals surface area contributed by atoms with Gasteiger partial charge in [0.1, 0.15) is 10.1 Å². The molecule has 0 saturated heterocycles. The van der Waals surface area contributed by atoms with Crippen molar-refractivity contribution in [1.29, 1.82) is 0 Å². The molecule has 2 aromatic carbocycles. The van der Waals surface area contributed by atoms with Crippen molar-refractivity contribution in [2.45, 2.75) is 6.92 Å². The number of aryl methyl sites for hydroxylation is 1. The van der Waals surface area contributed by atoms with E-state index in [0.29, 0.717) is 21.1 Å². The summed E-state index contributed by atoms with van der Waals surface area (Å²) in [4.78, 5) is 14.3. The van der Waals surface area contributed by atoms with Gasteiger partial charge < -0.3 is 10.0 Å². The lowest BCUT2D eigenvalue weighted by Crippen LogP contribution is -2.22. The number of ketones is 1. The molecule has 6 heteroatoms. The van der Waals surface area contributed by atoms with Crippen LogP contribution >= 0.6 is 40.8 Å². The third-order valence-electron chi connectivity index (χ3n) is 3.47. The van der Waals surface area contributed by atoms with Gasteiger partial charge >= 0.3 is 0 Å². The summed E-state index contributed by atoms with van der Waals surface area (Å²) in [6, 6.07) is 12.5. The first kappa shape index (κ1) is 18.7. The predicted molar refractivity (Wildman–Crippen MR) is 110 cm³/mol. The standard InChI is InChI=1S/C18H16BrNO2S2/c1-11-3-8-15(20(2)18(23)24)14(9-11)17(22)10-16(21)12-4-6-13(19)7-5-12/h3-10,21H,1-2H3,(H,23,24). The van der Waals surface area contributed by atoms with Gasteiger partial charge in [-0.25, -0.2) is 0 Å². The number of nitrogens with zero attached hydrogens (tertiary/aromatic N) is 1. The van der Waals surface area contributed by atoms with Gasteiger partial charge in [-0.2, -0.15) is 0 Å². The molecule has 0 spiro atoms. The van der Waals surface area contributed by atoms with Gasteiger partial charge in [-0.1, -0.05) is 51.9 Å². The molecule has 24 heavy (non-hydrogen) atoms. The summed E-state index contributed by atoms with van der Waals surface area (Å²) in [5.41, 5.74) is 2.61. The summed E-state index contributed by atoms with van der Waals surface area (Å²) in [6.45, 7) is 1.90. The SMILES string of the molecule is Cc1ccc(N(C)C(=S)S)c(C(=O)C=C(O)c2ccc(Br)cc2)c1. The number of rotatable bonds is 4. The Morgan fingerprint density at radius 1 is 1.25 bits per heavy atom. The second kappa shape index (κ2) is 7.96. The Bertz CT molecular complexity index is 816. The molecule has 0 heterocycles. The Balaban J connectivity index is 2.42. The maximum atomic E-state index is 12.7. The molecule has 0 fully saturated rings. The Morgan fingerprint density at radius 3 is 2.46 bits per heavy atom. The summed E-state index contributed by atoms with van der Waals surface area (Å²) in [5, 5.41) is 10.2. The summed E-state index contributed by atoms with van der Waals surface area (Å²) in [7, 11) is 1.75. The van der Waals surface area contributed by atoms with Crippen LogP contribution in [0.3, 0.4) is 0 Å². The van der Waals surface area contributed by atoms with Crippen LogP contribution in [0.4, 0.5) is 5.69 Å². The average Bonchev–Trinajstić information content (AvgIpc) is 2.54. The number of carbonyl (C=O) groups excluding carboxylic acids is 1. The van der Waals surface area contributed by atoms with Gasteiger partial charge in [0.15, 0.2) is 5.78 Å². The Labute approximate surface area is 160 Å². The number of allylic oxidation sites excluding steroid dienone is 1. The molecule has 0 aliphatic carbocycles. The van der Waals surface area contributed by atoms with Gasteiger partial charge in [-0.3, -0.25) is 4.79 Å². The molecule has 0 atom stereocenters. The molecular weight excluding hydrogens is 406 g/mol. The molecule has 0 radical (unpaired) electrons. The average molecular weight is 422 g/mol. The zero-order chi connectivity index (χ0) is 17.9. The molecule has 1 N–H and O–H groups in total. The zero-order valence-corrected chi connectivity index (χ0v) is 16.5. The van der Waals surface area contributed by atoms with Crippen molar-refractivity contribution in [2.75, 3.05) is 11.9 Å². The first-order chi connectivity index (χ1) is 11.3. The number of hydrogen-bond donors (Lipinski definition) is 2. The minimum absolute atomic E-state index is 0.0870. The van der Waals surface area contributed by atoms with Crippen LogP contribution in [-0.2, 0) is 0 Å². The maximum absolute atomic E-state index is 12.7. The minimum atomic E-state index is -0.300. The number of aliphatic hydroxyl groups excluding tert-OH is 1. The quantitative estimate of drug-likeness (QED) is 0.234. The smallest absolute Gasteiger partial charge is 0.191 e. The second-order valence-electron chi connectivity index (χ2n) is 5.26. The van der Waals surface area contributed by atoms with Crippen LogP contribution in [0.25, 0.3) is 5.76 Å². The van der Waals surface area contributed by atoms with E-state index in [2.05, 4.69) is 28.6 Å². The number of hydrogen-bond acceptors (Lipinski definition) is 3. The van der Waals surface area contributed by atoms with E-state index in [1.165, 1.54) is 6.08 Å². The molecular formula is C18H16BrNO2S2. The lowest BCUT2D eigenvalue weighted by molar-refractivity contribution is 0.104. The van der Waals surface area contributed by atoms with Crippen molar-refractivity contribution in [3.05, 3.63) is 69.7 Å². The molecule has 0 amide bonds. The van der Waals surface area contributed by atoms with Gasteiger partial charge in [0.25, 0.3) is 0 Å². The van der Waals surface area contributed by atoms with Crippen LogP contribution in [0.2, 0.25) is 0 Å². The normalized spacial score (nSPS) is 11.2. The summed E-state index contributed by atoms with van der Waals surface area (Å²) in [5.74, 6) is -0.387. The first-order valence-electron chi connectivity index (χ1n) is 7.08. The molecule has 0 aliphatic heterocycles. The zero-order valence-electron chi connectivity index (χ0n) is 13.2. The number of aliphatic hydroxyl groups is 1. The van der Waals surface area contributed by atoms with Gasteiger partial charge in [0, 0.05) is 28.7 Å². The van der Waals surface area contributed by atoms with E-state index < -0.39 is 0 Å². The first-order valence-corrected chi connectivity index (χ1v) is 8.72. The van der Waals surface area contributed by atoms with E-state index in [4.69, 9.17) is 12.2 Å². The highest BCUT2D eigenvalue weighted by Crippen LogP contribution is 2.24. The lowest BCUT2D eigenvalue weighted by Gasteiger charge is -2.20. The fourth-order valence-electron chi connectivity index (χ4n) is 2.15. The van der Waals surface area contributed by atoms with Crippen molar-refractivity contribution in [3.8, 4) is 0 Å². The van der Waals surface area contributed by atoms with Crippen LogP contribution in [0.15, 0.2) is 53.0 Å². The number of thiol groups is 1. The highest BCUT2D eigenvalue weighted by Gasteiger charge is 2.15. The summed E-state index contributed by atoms with van der Waals surface area (Å²) < 4.78 is 1.25. The van der Waals surface area contributed by atoms with Crippen molar-refractivity contribution in [3.63, 3.8) is 0 Å². The lowest BCUT2D eigenvalue weighted by atomic mass is 10.0. The Kier molecular flexibility index (Phi) is 6.21. The molecule has 2 rings (SSSR count). The van der Waals surface area contributed by atoms with E-state index >= 15 is 0 Å². The van der Waals surface area contributed by atoms with Crippen LogP contribution < -0.4 is 4.90 Å². The molecule has 0 aliphatic rings. The molecule has 0 saturated carbocycles. The van der Waals surface area contributed by atoms with E-state index in [0.717, 1.165) is 10.0 Å². The van der Waals surface area contributed by atoms with Crippen molar-refractivity contribution in [1.82, 2.24) is 0 Å². The van der Waals surface area contributed by atoms with Gasteiger partial charge in [-0.15, -0.1) is 12.6 Å². The predicted octanol–water partition coefficient (Wildman–Crippen LogP) is 5.19. The number of carbonyl (C=O) groups is 1. The van der Waals surface area contributed by atoms with Crippen molar-refractivity contribution >= 4 is 62.3 Å². The molecule has 0 bridgehead atoms. The van der Waals surface area contributed by atoms with Gasteiger partial charge in [0.05, 0.1) is 5.69 Å². The van der Waals surface area contributed by atoms with Gasteiger partial charge in [0.2, 0.25) is 0 Å². The molecule has 0 aromatic heterocycles. The van der Waals surface area contributed by atoms with Crippen LogP contribution in [0.1, 0.15) is 21.5 Å². The topological polar surface area (TPSA) is 40.5 Å². The third kappa shape index (κ3) is 4.47.